The van der Waals surface area contributed by atoms with E-state index in [2.05, 4.69) is 16.2 Å². The highest BCUT2D eigenvalue weighted by Gasteiger charge is 2.33. The lowest BCUT2D eigenvalue weighted by atomic mass is 10.0. The number of amides is 2. The fourth-order valence-corrected chi connectivity index (χ4v) is 2.95. The molecule has 0 unspecified atom stereocenters. The van der Waals surface area contributed by atoms with Gasteiger partial charge in [-0.15, -0.1) is 11.3 Å². The molecule has 0 bridgehead atoms. The first-order chi connectivity index (χ1) is 13.5. The molecule has 0 aliphatic rings. The van der Waals surface area contributed by atoms with Gasteiger partial charge >= 0.3 is 6.18 Å². The molecule has 0 aliphatic heterocycles. The smallest absolute Gasteiger partial charge is 0.339 e. The van der Waals surface area contributed by atoms with Crippen molar-refractivity contribution in [2.24, 2.45) is 5.92 Å². The minimum absolute atomic E-state index is 0.330. The molecule has 3 N–H and O–H groups in total. The predicted molar refractivity (Wildman–Crippen MR) is 100 cm³/mol. The first-order valence-corrected chi connectivity index (χ1v) is 9.14. The van der Waals surface area contributed by atoms with Crippen LogP contribution >= 0.6 is 11.3 Å². The summed E-state index contributed by atoms with van der Waals surface area (Å²) in [6, 6.07) is 4.14. The van der Waals surface area contributed by atoms with Crippen LogP contribution in [0.25, 0.3) is 0 Å². The summed E-state index contributed by atoms with van der Waals surface area (Å²) in [7, 11) is 0. The lowest BCUT2D eigenvalue weighted by Gasteiger charge is -2.22. The van der Waals surface area contributed by atoms with Crippen molar-refractivity contribution >= 4 is 34.5 Å². The van der Waals surface area contributed by atoms with E-state index in [1.807, 2.05) is 0 Å². The van der Waals surface area contributed by atoms with Crippen molar-refractivity contribution < 1.29 is 27.7 Å². The van der Waals surface area contributed by atoms with E-state index < -0.39 is 40.2 Å². The molecule has 156 valence electrons. The normalized spacial score (nSPS) is 12.3. The van der Waals surface area contributed by atoms with Crippen molar-refractivity contribution in [2.45, 2.75) is 26.1 Å². The van der Waals surface area contributed by atoms with Gasteiger partial charge in [0.25, 0.3) is 17.5 Å². The number of benzene rings is 1. The lowest BCUT2D eigenvalue weighted by molar-refractivity contribution is -0.384. The number of hydrogen-bond donors (Lipinski definition) is 3. The highest BCUT2D eigenvalue weighted by Crippen LogP contribution is 2.34. The Labute approximate surface area is 167 Å². The van der Waals surface area contributed by atoms with E-state index in [-0.39, 0.29) is 11.6 Å². The van der Waals surface area contributed by atoms with Crippen molar-refractivity contribution in [3.63, 3.8) is 0 Å². The fourth-order valence-electron chi connectivity index (χ4n) is 2.33. The number of thiophene rings is 1. The number of nitro groups is 1. The molecule has 1 heterocycles. The third kappa shape index (κ3) is 5.67. The van der Waals surface area contributed by atoms with Gasteiger partial charge in [0.15, 0.2) is 0 Å². The third-order valence-electron chi connectivity index (χ3n) is 3.82. The number of hydrogen-bond acceptors (Lipinski definition) is 6. The van der Waals surface area contributed by atoms with Crippen LogP contribution in [-0.4, -0.2) is 22.8 Å². The molecule has 2 aromatic rings. The molecule has 0 saturated heterocycles. The average molecular weight is 430 g/mol. The number of nitrogens with one attached hydrogen (secondary N) is 3. The highest BCUT2D eigenvalue weighted by atomic mass is 32.1. The average Bonchev–Trinajstić information content (AvgIpc) is 3.17. The van der Waals surface area contributed by atoms with Crippen molar-refractivity contribution in [1.82, 2.24) is 10.7 Å². The van der Waals surface area contributed by atoms with Crippen LogP contribution in [0.5, 0.6) is 0 Å². The second-order valence-corrected chi connectivity index (χ2v) is 7.22. The van der Waals surface area contributed by atoms with Crippen LogP contribution in [-0.2, 0) is 11.0 Å². The van der Waals surface area contributed by atoms with E-state index >= 15 is 0 Å². The number of alkyl halides is 3. The molecule has 0 aliphatic carbocycles. The largest absolute Gasteiger partial charge is 0.416 e. The molecule has 0 saturated carbocycles. The number of carbonyl (C=O) groups is 2. The van der Waals surface area contributed by atoms with Crippen LogP contribution in [0.15, 0.2) is 35.7 Å². The van der Waals surface area contributed by atoms with Gasteiger partial charge in [-0.1, -0.05) is 19.9 Å². The fraction of sp³-hybridized carbons (Fsp3) is 0.294. The van der Waals surface area contributed by atoms with E-state index in [4.69, 9.17) is 0 Å². The van der Waals surface area contributed by atoms with Crippen LogP contribution in [0.2, 0.25) is 0 Å². The number of carbonyl (C=O) groups excluding carboxylic acids is 2. The molecule has 1 atom stereocenters. The SMILES string of the molecule is CC(C)[C@H](NC(=O)c1cccs1)C(=O)NNc1ccc(C(F)(F)F)cc1[N+](=O)[O-]. The maximum atomic E-state index is 12.8. The minimum atomic E-state index is -4.75. The number of nitro benzene ring substituents is 1. The number of halogens is 3. The number of nitrogens with zero attached hydrogens (tertiary/aromatic N) is 1. The first kappa shape index (κ1) is 22.1. The Kier molecular flexibility index (Phi) is 6.80. The second kappa shape index (κ2) is 8.90. The van der Waals surface area contributed by atoms with Gasteiger partial charge in [-0.3, -0.25) is 30.6 Å². The molecular formula is C17H17F3N4O4S. The quantitative estimate of drug-likeness (QED) is 0.459. The van der Waals surface area contributed by atoms with Gasteiger partial charge in [0.2, 0.25) is 0 Å². The minimum Gasteiger partial charge on any atom is -0.339 e. The van der Waals surface area contributed by atoms with E-state index in [9.17, 15) is 32.9 Å². The molecule has 0 radical (unpaired) electrons. The molecule has 8 nitrogen and oxygen atoms in total. The summed E-state index contributed by atoms with van der Waals surface area (Å²) >= 11 is 1.19. The third-order valence-corrected chi connectivity index (χ3v) is 4.69. The number of rotatable bonds is 7. The molecule has 2 rings (SSSR count). The Bertz CT molecular complexity index is 901. The topological polar surface area (TPSA) is 113 Å². The summed E-state index contributed by atoms with van der Waals surface area (Å²) in [5.74, 6) is -1.50. The summed E-state index contributed by atoms with van der Waals surface area (Å²) in [5.41, 5.74) is 2.08. The Morgan fingerprint density at radius 1 is 1.21 bits per heavy atom. The van der Waals surface area contributed by atoms with Crippen molar-refractivity contribution in [1.29, 1.82) is 0 Å². The monoisotopic (exact) mass is 430 g/mol. The van der Waals surface area contributed by atoms with Gasteiger partial charge in [-0.25, -0.2) is 0 Å². The number of anilines is 1. The maximum absolute atomic E-state index is 12.8. The van der Waals surface area contributed by atoms with Gasteiger partial charge in [0.05, 0.1) is 15.4 Å². The van der Waals surface area contributed by atoms with Gasteiger partial charge < -0.3 is 5.32 Å². The molecule has 1 aromatic carbocycles. The Morgan fingerprint density at radius 3 is 2.41 bits per heavy atom. The summed E-state index contributed by atoms with van der Waals surface area (Å²) in [4.78, 5) is 35.1. The van der Waals surface area contributed by atoms with Crippen molar-refractivity contribution in [2.75, 3.05) is 5.43 Å². The standard InChI is InChI=1S/C17H17F3N4O4S/c1-9(2)14(21-15(25)13-4-3-7-29-13)16(26)23-22-11-6-5-10(17(18,19)20)8-12(11)24(27)28/h3-9,14,22H,1-2H3,(H,21,25)(H,23,26)/t14-/m0/s1. The summed E-state index contributed by atoms with van der Waals surface area (Å²) in [5, 5.41) is 15.4. The molecule has 29 heavy (non-hydrogen) atoms. The van der Waals surface area contributed by atoms with Crippen molar-refractivity contribution in [3.05, 3.63) is 56.3 Å². The maximum Gasteiger partial charge on any atom is 0.416 e. The van der Waals surface area contributed by atoms with Crippen LogP contribution in [0.1, 0.15) is 29.1 Å². The zero-order valence-corrected chi connectivity index (χ0v) is 16.1. The molecular weight excluding hydrogens is 413 g/mol. The Balaban J connectivity index is 2.13. The summed E-state index contributed by atoms with van der Waals surface area (Å²) < 4.78 is 38.3. The van der Waals surface area contributed by atoms with Crippen molar-refractivity contribution in [3.8, 4) is 0 Å². The van der Waals surface area contributed by atoms with E-state index in [1.54, 1.807) is 31.4 Å². The lowest BCUT2D eigenvalue weighted by Crippen LogP contribution is -2.51. The first-order valence-electron chi connectivity index (χ1n) is 8.26. The summed E-state index contributed by atoms with van der Waals surface area (Å²) in [6.45, 7) is 3.36. The number of hydrazine groups is 1. The van der Waals surface area contributed by atoms with Crippen LogP contribution < -0.4 is 16.2 Å². The van der Waals surface area contributed by atoms with Gasteiger partial charge in [0.1, 0.15) is 11.7 Å². The van der Waals surface area contributed by atoms with Gasteiger partial charge in [0, 0.05) is 6.07 Å². The predicted octanol–water partition coefficient (Wildman–Crippen LogP) is 3.57. The Hall–Kier alpha value is -3.15. The molecule has 1 aromatic heterocycles. The second-order valence-electron chi connectivity index (χ2n) is 6.27. The molecule has 0 spiro atoms. The zero-order chi connectivity index (χ0) is 21.8. The van der Waals surface area contributed by atoms with E-state index in [1.165, 1.54) is 11.3 Å². The van der Waals surface area contributed by atoms with Crippen LogP contribution in [0, 0.1) is 16.0 Å². The van der Waals surface area contributed by atoms with E-state index in [0.29, 0.717) is 17.0 Å². The van der Waals surface area contributed by atoms with Crippen LogP contribution in [0.3, 0.4) is 0 Å². The van der Waals surface area contributed by atoms with E-state index in [0.717, 1.165) is 6.07 Å². The zero-order valence-electron chi connectivity index (χ0n) is 15.2. The molecule has 12 heteroatoms. The summed E-state index contributed by atoms with van der Waals surface area (Å²) in [6.07, 6.45) is -4.75. The Morgan fingerprint density at radius 2 is 1.90 bits per heavy atom. The van der Waals surface area contributed by atoms with Crippen LogP contribution in [0.4, 0.5) is 24.5 Å². The highest BCUT2D eigenvalue weighted by molar-refractivity contribution is 7.12. The molecule has 2 amide bonds. The van der Waals surface area contributed by atoms with Gasteiger partial charge in [-0.05, 0) is 29.5 Å². The van der Waals surface area contributed by atoms with Gasteiger partial charge in [-0.2, -0.15) is 13.2 Å². The molecule has 0 fully saturated rings.